The average Bonchev–Trinajstić information content (AvgIpc) is 0.842. The van der Waals surface area contributed by atoms with E-state index < -0.39 is 146 Å². The standard InChI is InChI=1S/C75H109Cl2N17O18/c1-7-13-49(93(3,4)34-11-18-56(96)63-67(78)91-69(80)65(76)89-63)25-19-45-22-28-52(29-23-45)111-35-12-17-51(95)37-47(74(109)110)24-30-59(99)87-54(41-61(102)103)57(97)38-46(16-9-31-85-75(82)83)72(107)88-55(42-62(104)105)58(98)39-48(40-60(100)101)71(106)84-32-36-112-53-26-20-44(21-27-53)15-10-33-94(5,6)50(14-8-2)43-86-73(108)64-68(79)92-70(81)66(77)90-64/h20-23,26-29,46-50,54-55H,7-19,24-25,30-43H2,1-6H3,(H18-2,78,79,80,81,82,83,84,85,86,87,88,91,92,96,99,100,101,102,103,104,105,106,107,108,109,110)/p+2/t46-,47-,48?,49+,50+,54+,55+/m1/s1. The van der Waals surface area contributed by atoms with Crippen molar-refractivity contribution < 1.29 is 96.4 Å². The number of carboxylic acid groups (broad SMARTS) is 4. The predicted molar refractivity (Wildman–Crippen MR) is 418 cm³/mol. The molecule has 1 unspecified atom stereocenters. The zero-order valence-corrected chi connectivity index (χ0v) is 66.0. The quantitative estimate of drug-likeness (QED) is 0.00932. The number of aliphatic carboxylic acids is 4. The van der Waals surface area contributed by atoms with Crippen LogP contribution in [0.2, 0.25) is 10.3 Å². The van der Waals surface area contributed by atoms with E-state index in [4.69, 9.17) is 67.1 Å². The van der Waals surface area contributed by atoms with Gasteiger partial charge in [0.05, 0.1) is 110 Å². The number of nitrogens with zero attached hydrogens (tertiary/aromatic N) is 7. The van der Waals surface area contributed by atoms with Crippen molar-refractivity contribution in [3.63, 3.8) is 0 Å². The number of hydrogen-bond donors (Lipinski definition) is 14. The summed E-state index contributed by atoms with van der Waals surface area (Å²) in [7, 11) is 8.46. The van der Waals surface area contributed by atoms with Gasteiger partial charge in [0, 0.05) is 76.7 Å². The highest BCUT2D eigenvalue weighted by atomic mass is 35.5. The molecule has 0 bridgehead atoms. The van der Waals surface area contributed by atoms with Crippen molar-refractivity contribution in [2.24, 2.45) is 34.2 Å². The molecule has 2 aromatic heterocycles. The fourth-order valence-electron chi connectivity index (χ4n) is 12.9. The van der Waals surface area contributed by atoms with E-state index in [-0.39, 0.29) is 121 Å². The minimum Gasteiger partial charge on any atom is -0.494 e. The van der Waals surface area contributed by atoms with Crippen LogP contribution in [0, 0.1) is 17.8 Å². The zero-order chi connectivity index (χ0) is 83.4. The molecule has 4 amide bonds. The van der Waals surface area contributed by atoms with E-state index in [9.17, 15) is 78.0 Å². The highest BCUT2D eigenvalue weighted by Gasteiger charge is 2.36. The fraction of sp³-hybridized carbons (Fsp3) is 0.560. The van der Waals surface area contributed by atoms with Crippen LogP contribution in [0.4, 0.5) is 23.3 Å². The molecular weight excluding hydrogens is 1500 g/mol. The molecule has 2 aromatic carbocycles. The normalized spacial score (nSPS) is 13.3. The molecule has 37 heteroatoms. The number of aromatic nitrogens is 4. The molecule has 112 heavy (non-hydrogen) atoms. The van der Waals surface area contributed by atoms with Crippen molar-refractivity contribution in [1.29, 1.82) is 0 Å². The van der Waals surface area contributed by atoms with Gasteiger partial charge in [-0.3, -0.25) is 62.5 Å². The van der Waals surface area contributed by atoms with Crippen molar-refractivity contribution in [2.75, 3.05) is 97.1 Å². The van der Waals surface area contributed by atoms with Crippen LogP contribution in [0.15, 0.2) is 53.5 Å². The molecule has 35 nitrogen and oxygen atoms in total. The molecule has 0 aliphatic carbocycles. The molecule has 0 saturated heterocycles. The maximum atomic E-state index is 14.1. The topological polar surface area (TPSA) is 572 Å². The first kappa shape index (κ1) is 94.0. The number of halogens is 2. The molecule has 0 aliphatic rings. The summed E-state index contributed by atoms with van der Waals surface area (Å²) in [5.74, 6) is -16.2. The molecule has 0 saturated carbocycles. The van der Waals surface area contributed by atoms with Crippen molar-refractivity contribution >= 4 is 123 Å². The van der Waals surface area contributed by atoms with Gasteiger partial charge in [0.1, 0.15) is 35.6 Å². The third-order valence-electron chi connectivity index (χ3n) is 19.3. The SMILES string of the molecule is CCC[C@@H](CCc1ccc(OCCCC(=O)C[C@@H](CCC(=O)N[C@@H](CC(=O)O)C(=O)C[C@@H](CCCN=C(N)N)C(=O)N[C@@H](CC(=O)O)C(=O)CC(CC(=O)O)C(=O)NCCOc2ccc(CCC[N+](C)(C)[C@@H](CCC)CNC(=O)c3nc(Cl)c(N)nc3N)cc2)C(=O)O)cc1)[N+](C)(C)CCCC(=O)c1nc(Cl)c(N)nc1N. The van der Waals surface area contributed by atoms with Gasteiger partial charge in [0.2, 0.25) is 17.7 Å². The number of benzene rings is 2. The maximum Gasteiger partial charge on any atom is 0.306 e. The second-order valence-electron chi connectivity index (χ2n) is 28.9. The number of rotatable bonds is 56. The van der Waals surface area contributed by atoms with E-state index in [0.717, 1.165) is 69.2 Å². The van der Waals surface area contributed by atoms with Gasteiger partial charge in [-0.25, -0.2) is 19.9 Å². The summed E-state index contributed by atoms with van der Waals surface area (Å²) >= 11 is 12.0. The number of carbonyl (C=O) groups excluding carboxylic acids is 8. The molecule has 4 rings (SSSR count). The number of carbonyl (C=O) groups is 12. The number of nitrogen functional groups attached to an aromatic ring is 4. The Hall–Kier alpha value is -10.4. The summed E-state index contributed by atoms with van der Waals surface area (Å²) in [5, 5.41) is 49.4. The van der Waals surface area contributed by atoms with Crippen molar-refractivity contribution in [1.82, 2.24) is 41.2 Å². The molecule has 0 spiro atoms. The Morgan fingerprint density at radius 2 is 1.03 bits per heavy atom. The van der Waals surface area contributed by atoms with Crippen LogP contribution >= 0.6 is 23.2 Å². The lowest BCUT2D eigenvalue weighted by molar-refractivity contribution is -0.916. The number of guanidine groups is 1. The number of Topliss-reactive ketones (excluding diaryl/α,β-unsaturated/α-hetero) is 4. The minimum atomic E-state index is -1.88. The van der Waals surface area contributed by atoms with E-state index in [1.165, 1.54) is 0 Å². The third-order valence-corrected chi connectivity index (χ3v) is 19.8. The molecular formula is C75H111Cl2N17O18+2. The Labute approximate surface area is 661 Å². The van der Waals surface area contributed by atoms with Crippen LogP contribution in [0.25, 0.3) is 0 Å². The first-order valence-corrected chi connectivity index (χ1v) is 38.0. The fourth-order valence-corrected chi connectivity index (χ4v) is 13.1. The van der Waals surface area contributed by atoms with Gasteiger partial charge in [-0.2, -0.15) is 0 Å². The number of aryl methyl sites for hydroxylation is 2. The highest BCUT2D eigenvalue weighted by Crippen LogP contribution is 2.27. The number of nitrogens with one attached hydrogen (secondary N) is 4. The van der Waals surface area contributed by atoms with Crippen LogP contribution < -0.4 is 65.1 Å². The number of quaternary nitrogens is 2. The average molecular weight is 1610 g/mol. The smallest absolute Gasteiger partial charge is 0.306 e. The summed E-state index contributed by atoms with van der Waals surface area (Å²) in [6, 6.07) is 11.5. The number of aliphatic imine (C=N–C) groups is 1. The second kappa shape index (κ2) is 47.1. The number of hydrogen-bond acceptors (Lipinski definition) is 23. The molecule has 0 radical (unpaired) electrons. The Morgan fingerprint density at radius 3 is 1.59 bits per heavy atom. The second-order valence-corrected chi connectivity index (χ2v) is 29.6. The number of carboxylic acids is 4. The van der Waals surface area contributed by atoms with Gasteiger partial charge in [0.25, 0.3) is 5.91 Å². The van der Waals surface area contributed by atoms with Gasteiger partial charge >= 0.3 is 23.9 Å². The highest BCUT2D eigenvalue weighted by molar-refractivity contribution is 6.32. The summed E-state index contributed by atoms with van der Waals surface area (Å²) in [4.78, 5) is 176. The number of nitrogens with two attached hydrogens (primary N) is 6. The Bertz CT molecular complexity index is 3900. The lowest BCUT2D eigenvalue weighted by Gasteiger charge is -2.38. The predicted octanol–water partition coefficient (Wildman–Crippen LogP) is 4.74. The molecule has 7 atom stereocenters. The Morgan fingerprint density at radius 1 is 0.509 bits per heavy atom. The number of ether oxygens (including phenoxy) is 2. The van der Waals surface area contributed by atoms with Crippen molar-refractivity contribution in [3.8, 4) is 11.5 Å². The van der Waals surface area contributed by atoms with Crippen molar-refractivity contribution in [2.45, 2.75) is 179 Å². The van der Waals surface area contributed by atoms with Gasteiger partial charge in [0.15, 0.2) is 62.6 Å². The first-order chi connectivity index (χ1) is 52.8. The lowest BCUT2D eigenvalue weighted by Crippen LogP contribution is -2.54. The van der Waals surface area contributed by atoms with E-state index in [0.29, 0.717) is 45.9 Å². The molecule has 20 N–H and O–H groups in total. The monoisotopic (exact) mass is 1610 g/mol. The van der Waals surface area contributed by atoms with Crippen LogP contribution in [0.5, 0.6) is 11.5 Å². The third kappa shape index (κ3) is 33.7. The number of ketones is 4. The van der Waals surface area contributed by atoms with Gasteiger partial charge < -0.3 is 94.5 Å². The van der Waals surface area contributed by atoms with Crippen LogP contribution in [0.1, 0.15) is 174 Å². The summed E-state index contributed by atoms with van der Waals surface area (Å²) in [5.41, 5.74) is 36.0. The van der Waals surface area contributed by atoms with Crippen LogP contribution in [-0.4, -0.2) is 224 Å². The van der Waals surface area contributed by atoms with Crippen LogP contribution in [-0.2, 0) is 60.8 Å². The molecule has 616 valence electrons. The Kier molecular flexibility index (Phi) is 39.5. The lowest BCUT2D eigenvalue weighted by atomic mass is 9.90. The van der Waals surface area contributed by atoms with E-state index >= 15 is 0 Å². The van der Waals surface area contributed by atoms with Crippen LogP contribution in [0.3, 0.4) is 0 Å². The van der Waals surface area contributed by atoms with Crippen molar-refractivity contribution in [3.05, 3.63) is 81.4 Å². The summed E-state index contributed by atoms with van der Waals surface area (Å²) < 4.78 is 13.0. The largest absolute Gasteiger partial charge is 0.494 e. The Balaban J connectivity index is 1.27. The van der Waals surface area contributed by atoms with Gasteiger partial charge in [-0.15, -0.1) is 0 Å². The van der Waals surface area contributed by atoms with E-state index in [2.05, 4.69) is 88.2 Å². The minimum absolute atomic E-state index is 0.000812. The van der Waals surface area contributed by atoms with Gasteiger partial charge in [-0.1, -0.05) is 74.2 Å². The maximum absolute atomic E-state index is 14.1. The number of amides is 4. The molecule has 0 fully saturated rings. The first-order valence-electron chi connectivity index (χ1n) is 37.3. The van der Waals surface area contributed by atoms with E-state index in [1.807, 2.05) is 36.4 Å². The van der Waals surface area contributed by atoms with Gasteiger partial charge in [-0.05, 0) is 80.3 Å². The summed E-state index contributed by atoms with van der Waals surface area (Å²) in [6.07, 6.45) is 1.53. The molecule has 4 aromatic rings. The molecule has 0 aliphatic heterocycles. The summed E-state index contributed by atoms with van der Waals surface area (Å²) in [6.45, 7) is 5.81. The number of anilines is 4. The van der Waals surface area contributed by atoms with E-state index in [1.54, 1.807) is 12.1 Å². The molecule has 2 heterocycles. The zero-order valence-electron chi connectivity index (χ0n) is 64.5. The number of likely N-dealkylation sites (N-methyl/N-ethyl adjacent to an activating group) is 1.